The Balaban J connectivity index is 2.57. The minimum Gasteiger partial charge on any atom is -0.335 e. The molecule has 2 amide bonds. The highest BCUT2D eigenvalue weighted by Crippen LogP contribution is 2.19. The Kier molecular flexibility index (Phi) is 4.77. The molecule has 1 atom stereocenters. The van der Waals surface area contributed by atoms with Crippen LogP contribution in [0.1, 0.15) is 32.6 Å². The van der Waals surface area contributed by atoms with E-state index in [4.69, 9.17) is 5.26 Å². The summed E-state index contributed by atoms with van der Waals surface area (Å²) in [5, 5.41) is 10.6. The van der Waals surface area contributed by atoms with Crippen LogP contribution in [0.15, 0.2) is 0 Å². The molecule has 0 aromatic carbocycles. The highest BCUT2D eigenvalue weighted by Gasteiger charge is 2.29. The zero-order valence-corrected chi connectivity index (χ0v) is 9.53. The summed E-state index contributed by atoms with van der Waals surface area (Å²) in [6, 6.07) is 1.95. The fourth-order valence-corrected chi connectivity index (χ4v) is 2.02. The molecule has 1 aliphatic heterocycles. The fraction of sp³-hybridized carbons (Fsp3) is 0.727. The van der Waals surface area contributed by atoms with Crippen molar-refractivity contribution < 1.29 is 9.59 Å². The number of amides is 2. The number of rotatable bonds is 2. The SMILES string of the molecule is CCC1CCCCN1C(=O)C(=O)NCC#N. The van der Waals surface area contributed by atoms with Crippen LogP contribution >= 0.6 is 0 Å². The van der Waals surface area contributed by atoms with Gasteiger partial charge in [-0.1, -0.05) is 6.92 Å². The summed E-state index contributed by atoms with van der Waals surface area (Å²) in [6.45, 7) is 2.55. The van der Waals surface area contributed by atoms with E-state index < -0.39 is 11.8 Å². The van der Waals surface area contributed by atoms with Crippen LogP contribution in [0.5, 0.6) is 0 Å². The predicted molar refractivity (Wildman–Crippen MR) is 58.3 cm³/mol. The highest BCUT2D eigenvalue weighted by atomic mass is 16.2. The summed E-state index contributed by atoms with van der Waals surface area (Å²) in [6.07, 6.45) is 3.90. The van der Waals surface area contributed by atoms with Crippen LogP contribution in [0.2, 0.25) is 0 Å². The van der Waals surface area contributed by atoms with Crippen LogP contribution in [-0.4, -0.2) is 35.8 Å². The first-order valence-corrected chi connectivity index (χ1v) is 5.66. The van der Waals surface area contributed by atoms with Crippen LogP contribution in [0.4, 0.5) is 0 Å². The van der Waals surface area contributed by atoms with Crippen LogP contribution in [0.3, 0.4) is 0 Å². The molecule has 1 unspecified atom stereocenters. The van der Waals surface area contributed by atoms with Crippen molar-refractivity contribution in [2.75, 3.05) is 13.1 Å². The number of hydrogen-bond acceptors (Lipinski definition) is 3. The molecule has 1 fully saturated rings. The number of nitrogens with zero attached hydrogens (tertiary/aromatic N) is 2. The highest BCUT2D eigenvalue weighted by molar-refractivity contribution is 6.35. The molecular weight excluding hydrogens is 206 g/mol. The van der Waals surface area contributed by atoms with Gasteiger partial charge in [-0.2, -0.15) is 5.26 Å². The van der Waals surface area contributed by atoms with Crippen LogP contribution in [0, 0.1) is 11.3 Å². The lowest BCUT2D eigenvalue weighted by Crippen LogP contribution is -2.49. The molecule has 0 saturated carbocycles. The second-order valence-electron chi connectivity index (χ2n) is 3.90. The van der Waals surface area contributed by atoms with Gasteiger partial charge in [0.15, 0.2) is 0 Å². The molecule has 5 heteroatoms. The molecule has 5 nitrogen and oxygen atoms in total. The zero-order valence-electron chi connectivity index (χ0n) is 9.53. The summed E-state index contributed by atoms with van der Waals surface area (Å²) >= 11 is 0. The van der Waals surface area contributed by atoms with Crippen LogP contribution in [0.25, 0.3) is 0 Å². The number of likely N-dealkylation sites (tertiary alicyclic amines) is 1. The monoisotopic (exact) mass is 223 g/mol. The quantitative estimate of drug-likeness (QED) is 0.544. The normalized spacial score (nSPS) is 20.0. The summed E-state index contributed by atoms with van der Waals surface area (Å²) in [7, 11) is 0. The van der Waals surface area contributed by atoms with E-state index in [2.05, 4.69) is 5.32 Å². The van der Waals surface area contributed by atoms with E-state index in [0.29, 0.717) is 6.54 Å². The van der Waals surface area contributed by atoms with Gasteiger partial charge < -0.3 is 10.2 Å². The van der Waals surface area contributed by atoms with E-state index >= 15 is 0 Å². The third-order valence-corrected chi connectivity index (χ3v) is 2.88. The number of nitriles is 1. The minimum atomic E-state index is -0.665. The first kappa shape index (κ1) is 12.5. The Morgan fingerprint density at radius 2 is 2.25 bits per heavy atom. The second kappa shape index (κ2) is 6.11. The van der Waals surface area contributed by atoms with Gasteiger partial charge in [-0.15, -0.1) is 0 Å². The Hall–Kier alpha value is -1.57. The largest absolute Gasteiger partial charge is 0.335 e. The molecule has 1 heterocycles. The number of carbonyl (C=O) groups is 2. The van der Waals surface area contributed by atoms with Gasteiger partial charge in [0.05, 0.1) is 6.07 Å². The van der Waals surface area contributed by atoms with Gasteiger partial charge in [-0.25, -0.2) is 0 Å². The van der Waals surface area contributed by atoms with E-state index in [9.17, 15) is 9.59 Å². The molecule has 0 spiro atoms. The molecule has 1 rings (SSSR count). The molecule has 0 radical (unpaired) electrons. The van der Waals surface area contributed by atoms with Gasteiger partial charge in [0.1, 0.15) is 6.54 Å². The maximum absolute atomic E-state index is 11.8. The van der Waals surface area contributed by atoms with Gasteiger partial charge in [-0.05, 0) is 25.7 Å². The van der Waals surface area contributed by atoms with Crippen molar-refractivity contribution in [1.29, 1.82) is 5.26 Å². The topological polar surface area (TPSA) is 73.2 Å². The lowest BCUT2D eigenvalue weighted by Gasteiger charge is -2.34. The molecular formula is C11H17N3O2. The average Bonchev–Trinajstić information content (AvgIpc) is 2.34. The molecule has 0 bridgehead atoms. The lowest BCUT2D eigenvalue weighted by molar-refractivity contribution is -0.148. The molecule has 0 aliphatic carbocycles. The molecule has 0 aromatic rings. The van der Waals surface area contributed by atoms with Gasteiger partial charge in [0.25, 0.3) is 0 Å². The van der Waals surface area contributed by atoms with Crippen molar-refractivity contribution in [3.05, 3.63) is 0 Å². The molecule has 1 saturated heterocycles. The molecule has 88 valence electrons. The van der Waals surface area contributed by atoms with E-state index in [1.54, 1.807) is 11.0 Å². The predicted octanol–water partition coefficient (Wildman–Crippen LogP) is 0.417. The van der Waals surface area contributed by atoms with E-state index in [1.165, 1.54) is 0 Å². The average molecular weight is 223 g/mol. The number of carbonyl (C=O) groups excluding carboxylic acids is 2. The number of piperidine rings is 1. The second-order valence-corrected chi connectivity index (χ2v) is 3.90. The standard InChI is InChI=1S/C11H17N3O2/c1-2-9-5-3-4-8-14(9)11(16)10(15)13-7-6-12/h9H,2-5,7-8H2,1H3,(H,13,15). The Morgan fingerprint density at radius 3 is 2.88 bits per heavy atom. The Morgan fingerprint density at radius 1 is 1.50 bits per heavy atom. The van der Waals surface area contributed by atoms with E-state index in [-0.39, 0.29) is 12.6 Å². The van der Waals surface area contributed by atoms with Gasteiger partial charge in [0.2, 0.25) is 0 Å². The van der Waals surface area contributed by atoms with Crippen molar-refractivity contribution in [2.24, 2.45) is 0 Å². The molecule has 1 aliphatic rings. The smallest absolute Gasteiger partial charge is 0.312 e. The first-order chi connectivity index (χ1) is 7.70. The summed E-state index contributed by atoms with van der Waals surface area (Å²) in [5.41, 5.74) is 0. The van der Waals surface area contributed by atoms with Gasteiger partial charge >= 0.3 is 11.8 Å². The third-order valence-electron chi connectivity index (χ3n) is 2.88. The third kappa shape index (κ3) is 2.96. The molecule has 1 N–H and O–H groups in total. The van der Waals surface area contributed by atoms with Crippen molar-refractivity contribution >= 4 is 11.8 Å². The number of nitrogens with one attached hydrogen (secondary N) is 1. The van der Waals surface area contributed by atoms with Gasteiger partial charge in [-0.3, -0.25) is 9.59 Å². The van der Waals surface area contributed by atoms with E-state index in [0.717, 1.165) is 25.7 Å². The maximum atomic E-state index is 11.8. The molecule has 0 aromatic heterocycles. The Labute approximate surface area is 95.4 Å². The Bertz CT molecular complexity index is 309. The van der Waals surface area contributed by atoms with Crippen LogP contribution < -0.4 is 5.32 Å². The van der Waals surface area contributed by atoms with Crippen molar-refractivity contribution in [3.8, 4) is 6.07 Å². The zero-order chi connectivity index (χ0) is 12.0. The summed E-state index contributed by atoms with van der Waals surface area (Å²) in [4.78, 5) is 24.8. The number of hydrogen-bond donors (Lipinski definition) is 1. The summed E-state index contributed by atoms with van der Waals surface area (Å²) in [5.74, 6) is -1.16. The van der Waals surface area contributed by atoms with Crippen LogP contribution in [-0.2, 0) is 9.59 Å². The lowest BCUT2D eigenvalue weighted by atomic mass is 10.00. The van der Waals surface area contributed by atoms with Gasteiger partial charge in [0, 0.05) is 12.6 Å². The van der Waals surface area contributed by atoms with Crippen molar-refractivity contribution in [2.45, 2.75) is 38.6 Å². The fourth-order valence-electron chi connectivity index (χ4n) is 2.02. The first-order valence-electron chi connectivity index (χ1n) is 5.66. The van der Waals surface area contributed by atoms with Crippen molar-refractivity contribution in [1.82, 2.24) is 10.2 Å². The maximum Gasteiger partial charge on any atom is 0.312 e. The van der Waals surface area contributed by atoms with E-state index in [1.807, 2.05) is 6.92 Å². The van der Waals surface area contributed by atoms with Crippen molar-refractivity contribution in [3.63, 3.8) is 0 Å². The minimum absolute atomic E-state index is 0.116. The molecule has 16 heavy (non-hydrogen) atoms. The summed E-state index contributed by atoms with van der Waals surface area (Å²) < 4.78 is 0.